The Hall–Kier alpha value is -2.58. The number of aryl methyl sites for hydroxylation is 1. The second-order valence-corrected chi connectivity index (χ2v) is 9.60. The molecule has 10 heteroatoms. The minimum absolute atomic E-state index is 0.00844. The number of hydrogen-bond donors (Lipinski definition) is 2. The van der Waals surface area contributed by atoms with Crippen LogP contribution in [0.15, 0.2) is 65.6 Å². The molecule has 0 aliphatic carbocycles. The van der Waals surface area contributed by atoms with Crippen LogP contribution in [0.1, 0.15) is 5.56 Å². The fraction of sp³-hybridized carbons (Fsp3) is 0.0476. The third-order valence-electron chi connectivity index (χ3n) is 4.44. The Balaban J connectivity index is 1.83. The van der Waals surface area contributed by atoms with E-state index in [2.05, 4.69) is 20.0 Å². The van der Waals surface area contributed by atoms with Crippen molar-refractivity contribution in [2.75, 3.05) is 10.0 Å². The lowest BCUT2D eigenvalue weighted by atomic mass is 10.2. The van der Waals surface area contributed by atoms with Gasteiger partial charge in [-0.25, -0.2) is 18.4 Å². The van der Waals surface area contributed by atoms with Gasteiger partial charge in [-0.1, -0.05) is 53.0 Å². The van der Waals surface area contributed by atoms with E-state index in [1.807, 2.05) is 19.1 Å². The van der Waals surface area contributed by atoms with Gasteiger partial charge in [-0.15, -0.1) is 0 Å². The molecule has 0 saturated heterocycles. The highest BCUT2D eigenvalue weighted by atomic mass is 35.5. The fourth-order valence-corrected chi connectivity index (χ4v) is 4.83. The van der Waals surface area contributed by atoms with Crippen molar-refractivity contribution >= 4 is 73.2 Å². The van der Waals surface area contributed by atoms with E-state index in [1.165, 1.54) is 18.2 Å². The summed E-state index contributed by atoms with van der Waals surface area (Å²) in [6, 6.07) is 16.7. The molecule has 2 N–H and O–H groups in total. The van der Waals surface area contributed by atoms with Gasteiger partial charge in [0.05, 0.1) is 16.1 Å². The number of hydrogen-bond acceptors (Lipinski definition) is 5. The molecular weight excluding hydrogens is 479 g/mol. The van der Waals surface area contributed by atoms with Gasteiger partial charge < -0.3 is 5.32 Å². The topological polar surface area (TPSA) is 84.0 Å². The Kier molecular flexibility index (Phi) is 5.94. The van der Waals surface area contributed by atoms with Crippen LogP contribution < -0.4 is 10.0 Å². The summed E-state index contributed by atoms with van der Waals surface area (Å²) in [6.07, 6.45) is 0. The molecule has 1 heterocycles. The van der Waals surface area contributed by atoms with E-state index in [0.29, 0.717) is 21.7 Å². The first-order valence-electron chi connectivity index (χ1n) is 9.01. The number of aromatic nitrogens is 2. The number of fused-ring (bicyclic) bond motifs is 1. The normalized spacial score (nSPS) is 11.5. The molecule has 4 aromatic rings. The highest BCUT2D eigenvalue weighted by Gasteiger charge is 2.22. The SMILES string of the molecule is Cc1ccc(Cl)cc1Nc1nc2ccccc2nc1NS(=O)(=O)c1cc(Cl)ccc1Cl. The van der Waals surface area contributed by atoms with Crippen LogP contribution >= 0.6 is 34.8 Å². The molecule has 158 valence electrons. The third-order valence-corrected chi connectivity index (χ3v) is 6.73. The summed E-state index contributed by atoms with van der Waals surface area (Å²) >= 11 is 18.2. The first-order chi connectivity index (χ1) is 14.7. The van der Waals surface area contributed by atoms with Crippen LogP contribution in [0, 0.1) is 6.92 Å². The van der Waals surface area contributed by atoms with Gasteiger partial charge in [0.1, 0.15) is 4.90 Å². The summed E-state index contributed by atoms with van der Waals surface area (Å²) in [4.78, 5) is 8.85. The number of sulfonamides is 1. The van der Waals surface area contributed by atoms with E-state index in [4.69, 9.17) is 34.8 Å². The van der Waals surface area contributed by atoms with E-state index >= 15 is 0 Å². The van der Waals surface area contributed by atoms with Gasteiger partial charge in [-0.05, 0) is 55.0 Å². The van der Waals surface area contributed by atoms with Crippen LogP contribution in [-0.2, 0) is 10.0 Å². The summed E-state index contributed by atoms with van der Waals surface area (Å²) in [7, 11) is -4.10. The molecule has 4 rings (SSSR count). The summed E-state index contributed by atoms with van der Waals surface area (Å²) in [5.41, 5.74) is 2.67. The maximum atomic E-state index is 13.1. The van der Waals surface area contributed by atoms with Crippen LogP contribution in [-0.4, -0.2) is 18.4 Å². The minimum Gasteiger partial charge on any atom is -0.337 e. The lowest BCUT2D eigenvalue weighted by molar-refractivity contribution is 0.601. The molecule has 1 aromatic heterocycles. The number of nitrogens with zero attached hydrogens (tertiary/aromatic N) is 2. The summed E-state index contributed by atoms with van der Waals surface area (Å²) in [5, 5.41) is 3.92. The summed E-state index contributed by atoms with van der Waals surface area (Å²) in [5.74, 6) is 0.222. The summed E-state index contributed by atoms with van der Waals surface area (Å²) < 4.78 is 28.6. The second kappa shape index (κ2) is 8.51. The van der Waals surface area contributed by atoms with Crippen LogP contribution in [0.2, 0.25) is 15.1 Å². The smallest absolute Gasteiger partial charge is 0.264 e. The number of nitrogens with one attached hydrogen (secondary N) is 2. The number of rotatable bonds is 5. The van der Waals surface area contributed by atoms with Crippen LogP contribution in [0.5, 0.6) is 0 Å². The Labute approximate surface area is 194 Å². The number of anilines is 3. The van der Waals surface area contributed by atoms with Crippen LogP contribution in [0.4, 0.5) is 17.3 Å². The lowest BCUT2D eigenvalue weighted by Crippen LogP contribution is -2.16. The summed E-state index contributed by atoms with van der Waals surface area (Å²) in [6.45, 7) is 1.89. The molecule has 0 atom stereocenters. The molecule has 0 saturated carbocycles. The molecule has 0 unspecified atom stereocenters. The molecule has 6 nitrogen and oxygen atoms in total. The highest BCUT2D eigenvalue weighted by Crippen LogP contribution is 2.31. The Bertz CT molecular complexity index is 1410. The van der Waals surface area contributed by atoms with Gasteiger partial charge in [0.2, 0.25) is 0 Å². The van der Waals surface area contributed by atoms with Crippen molar-refractivity contribution in [3.05, 3.63) is 81.3 Å². The van der Waals surface area contributed by atoms with Gasteiger partial charge in [0.25, 0.3) is 10.0 Å². The van der Waals surface area contributed by atoms with E-state index in [-0.39, 0.29) is 26.6 Å². The van der Waals surface area contributed by atoms with Gasteiger partial charge in [0.15, 0.2) is 11.6 Å². The largest absolute Gasteiger partial charge is 0.337 e. The zero-order chi connectivity index (χ0) is 22.2. The molecule has 0 aliphatic heterocycles. The van der Waals surface area contributed by atoms with Crippen LogP contribution in [0.3, 0.4) is 0 Å². The first kappa shape index (κ1) is 21.6. The fourth-order valence-electron chi connectivity index (χ4n) is 2.88. The molecule has 0 fully saturated rings. The molecule has 31 heavy (non-hydrogen) atoms. The van der Waals surface area contributed by atoms with Crippen molar-refractivity contribution in [3.8, 4) is 0 Å². The predicted molar refractivity (Wildman–Crippen MR) is 126 cm³/mol. The van der Waals surface area contributed by atoms with Crippen molar-refractivity contribution in [2.45, 2.75) is 11.8 Å². The lowest BCUT2D eigenvalue weighted by Gasteiger charge is -2.15. The number of benzene rings is 3. The van der Waals surface area contributed by atoms with Gasteiger partial charge in [-0.2, -0.15) is 0 Å². The van der Waals surface area contributed by atoms with E-state index < -0.39 is 10.0 Å². The standard InChI is InChI=1S/C21H15Cl3N4O2S/c1-12-6-7-13(22)10-18(12)27-20-21(26-17-5-3-2-4-16(17)25-20)28-31(29,30)19-11-14(23)8-9-15(19)24/h2-11H,1H3,(H,25,27)(H,26,28). The van der Waals surface area contributed by atoms with Gasteiger partial charge >= 0.3 is 0 Å². The highest BCUT2D eigenvalue weighted by molar-refractivity contribution is 7.92. The zero-order valence-electron chi connectivity index (χ0n) is 16.0. The molecular formula is C21H15Cl3N4O2S. The third kappa shape index (κ3) is 4.70. The first-order valence-corrected chi connectivity index (χ1v) is 11.6. The van der Waals surface area contributed by atoms with E-state index in [1.54, 1.807) is 30.3 Å². The van der Waals surface area contributed by atoms with Crippen molar-refractivity contribution in [3.63, 3.8) is 0 Å². The molecule has 0 aliphatic rings. The quantitative estimate of drug-likeness (QED) is 0.334. The second-order valence-electron chi connectivity index (χ2n) is 6.67. The maximum absolute atomic E-state index is 13.1. The Morgan fingerprint density at radius 1 is 0.806 bits per heavy atom. The van der Waals surface area contributed by atoms with E-state index in [0.717, 1.165) is 5.56 Å². The molecule has 3 aromatic carbocycles. The molecule has 0 radical (unpaired) electrons. The maximum Gasteiger partial charge on any atom is 0.264 e. The molecule has 0 bridgehead atoms. The van der Waals surface area contributed by atoms with Crippen molar-refractivity contribution in [2.24, 2.45) is 0 Å². The Morgan fingerprint density at radius 3 is 2.13 bits per heavy atom. The molecule has 0 spiro atoms. The van der Waals surface area contributed by atoms with Crippen molar-refractivity contribution in [1.82, 2.24) is 9.97 Å². The average molecular weight is 494 g/mol. The van der Waals surface area contributed by atoms with Gasteiger partial charge in [0, 0.05) is 15.7 Å². The van der Waals surface area contributed by atoms with Crippen molar-refractivity contribution < 1.29 is 8.42 Å². The average Bonchev–Trinajstić information content (AvgIpc) is 2.72. The monoisotopic (exact) mass is 492 g/mol. The number of para-hydroxylation sites is 2. The predicted octanol–water partition coefficient (Wildman–Crippen LogP) is 6.44. The number of halogens is 3. The van der Waals surface area contributed by atoms with Crippen molar-refractivity contribution in [1.29, 1.82) is 0 Å². The Morgan fingerprint density at radius 2 is 1.42 bits per heavy atom. The molecule has 0 amide bonds. The van der Waals surface area contributed by atoms with Gasteiger partial charge in [-0.3, -0.25) is 4.72 Å². The van der Waals surface area contributed by atoms with Crippen LogP contribution in [0.25, 0.3) is 11.0 Å². The van der Waals surface area contributed by atoms with E-state index in [9.17, 15) is 8.42 Å². The zero-order valence-corrected chi connectivity index (χ0v) is 19.1. The minimum atomic E-state index is -4.10.